The van der Waals surface area contributed by atoms with E-state index in [1.807, 2.05) is 36.4 Å². The molecule has 0 bridgehead atoms. The SMILES string of the molecule is O=C(CN1CCN(c2ccc(C(=O)Nc3n[nH]c4ccc(Cc5cc(F)cc(F)c5)cc34)c(NC3CCOCC3)c2)CC1)NCCCNc1ccc2c(c1)C(=O)N(C1CCC(=O)NC1=O)C2=O. The number of imide groups is 2. The number of fused-ring (bicyclic) bond motifs is 2. The third-order valence-electron chi connectivity index (χ3n) is 12.6. The summed E-state index contributed by atoms with van der Waals surface area (Å²) in [7, 11) is 0. The first kappa shape index (κ1) is 44.9. The van der Waals surface area contributed by atoms with Gasteiger partial charge in [-0.3, -0.25) is 49.0 Å². The molecule has 4 aliphatic heterocycles. The summed E-state index contributed by atoms with van der Waals surface area (Å²) in [6.07, 6.45) is 2.61. The molecule has 4 aliphatic rings. The predicted molar refractivity (Wildman–Crippen MR) is 245 cm³/mol. The molecule has 1 aromatic heterocycles. The van der Waals surface area contributed by atoms with Crippen LogP contribution in [0.1, 0.15) is 74.3 Å². The Hall–Kier alpha value is -7.25. The van der Waals surface area contributed by atoms with Crippen molar-refractivity contribution in [2.75, 3.05) is 79.9 Å². The first-order chi connectivity index (χ1) is 32.4. The van der Waals surface area contributed by atoms with Gasteiger partial charge in [0.1, 0.15) is 17.7 Å². The molecule has 0 aliphatic carbocycles. The Labute approximate surface area is 383 Å². The van der Waals surface area contributed by atoms with Gasteiger partial charge in [0, 0.05) is 93.5 Å². The lowest BCUT2D eigenvalue weighted by Crippen LogP contribution is -2.54. The summed E-state index contributed by atoms with van der Waals surface area (Å²) < 4.78 is 33.4. The van der Waals surface area contributed by atoms with E-state index < -0.39 is 41.3 Å². The molecule has 5 aromatic rings. The molecule has 3 saturated heterocycles. The van der Waals surface area contributed by atoms with E-state index in [9.17, 15) is 37.5 Å². The van der Waals surface area contributed by atoms with Crippen molar-refractivity contribution < 1.29 is 42.3 Å². The fourth-order valence-corrected chi connectivity index (χ4v) is 9.05. The quantitative estimate of drug-likeness (QED) is 0.0638. The van der Waals surface area contributed by atoms with Crippen molar-refractivity contribution in [3.63, 3.8) is 0 Å². The normalized spacial score (nSPS) is 18.0. The van der Waals surface area contributed by atoms with E-state index in [4.69, 9.17) is 4.74 Å². The fraction of sp³-hybridized carbons (Fsp3) is 0.354. The van der Waals surface area contributed by atoms with E-state index >= 15 is 0 Å². The van der Waals surface area contributed by atoms with Crippen LogP contribution in [0.3, 0.4) is 0 Å². The molecule has 3 fully saturated rings. The van der Waals surface area contributed by atoms with Crippen LogP contribution in [0, 0.1) is 11.6 Å². The Kier molecular flexibility index (Phi) is 13.2. The van der Waals surface area contributed by atoms with Gasteiger partial charge in [0.15, 0.2) is 5.82 Å². The van der Waals surface area contributed by atoms with Crippen LogP contribution in [-0.2, 0) is 25.5 Å². The Morgan fingerprint density at radius 3 is 2.36 bits per heavy atom. The number of nitrogens with one attached hydrogen (secondary N) is 6. The molecule has 0 radical (unpaired) electrons. The summed E-state index contributed by atoms with van der Waals surface area (Å²) in [6, 6.07) is 18.6. The number of halogens is 2. The second kappa shape index (κ2) is 19.7. The minimum absolute atomic E-state index is 0.0485. The summed E-state index contributed by atoms with van der Waals surface area (Å²) in [5, 5.41) is 23.0. The number of H-pyrrole nitrogens is 1. The number of carbonyl (C=O) groups is 6. The zero-order valence-electron chi connectivity index (χ0n) is 36.6. The van der Waals surface area contributed by atoms with Gasteiger partial charge >= 0.3 is 0 Å². The van der Waals surface area contributed by atoms with E-state index in [1.165, 1.54) is 12.1 Å². The van der Waals surface area contributed by atoms with Crippen LogP contribution < -0.4 is 31.5 Å². The maximum absolute atomic E-state index is 14.0. The van der Waals surface area contributed by atoms with Crippen molar-refractivity contribution >= 4 is 69.2 Å². The number of hydrogen-bond donors (Lipinski definition) is 6. The summed E-state index contributed by atoms with van der Waals surface area (Å²) in [5.74, 6) is -3.62. The van der Waals surface area contributed by atoms with E-state index in [-0.39, 0.29) is 48.4 Å². The van der Waals surface area contributed by atoms with Gasteiger partial charge in [0.2, 0.25) is 17.7 Å². The molecule has 0 saturated carbocycles. The molecule has 6 amide bonds. The van der Waals surface area contributed by atoms with Crippen molar-refractivity contribution in [3.05, 3.63) is 112 Å². The molecule has 4 aromatic carbocycles. The second-order valence-electron chi connectivity index (χ2n) is 17.2. The molecule has 1 atom stereocenters. The van der Waals surface area contributed by atoms with E-state index in [0.717, 1.165) is 35.1 Å². The maximum atomic E-state index is 14.0. The highest BCUT2D eigenvalue weighted by Crippen LogP contribution is 2.31. The Morgan fingerprint density at radius 2 is 1.58 bits per heavy atom. The number of benzene rings is 4. The molecule has 0 spiro atoms. The van der Waals surface area contributed by atoms with Crippen LogP contribution in [0.25, 0.3) is 10.9 Å². The van der Waals surface area contributed by atoms with Crippen molar-refractivity contribution in [1.29, 1.82) is 0 Å². The molecule has 17 nitrogen and oxygen atoms in total. The van der Waals surface area contributed by atoms with Gasteiger partial charge in [-0.25, -0.2) is 8.78 Å². The summed E-state index contributed by atoms with van der Waals surface area (Å²) in [6.45, 7) is 5.05. The largest absolute Gasteiger partial charge is 0.385 e. The van der Waals surface area contributed by atoms with Gasteiger partial charge < -0.3 is 30.9 Å². The molecular weight excluding hydrogens is 867 g/mol. The lowest BCUT2D eigenvalue weighted by atomic mass is 10.0. The van der Waals surface area contributed by atoms with Crippen LogP contribution >= 0.6 is 0 Å². The number of carbonyl (C=O) groups excluding carboxylic acids is 6. The number of piperazine rings is 1. The highest BCUT2D eigenvalue weighted by atomic mass is 19.1. The number of amides is 6. The fourth-order valence-electron chi connectivity index (χ4n) is 9.05. The minimum Gasteiger partial charge on any atom is -0.385 e. The number of aromatic amines is 1. The number of anilines is 4. The molecule has 5 heterocycles. The number of nitrogens with zero attached hydrogens (tertiary/aromatic N) is 4. The molecule has 9 rings (SSSR count). The smallest absolute Gasteiger partial charge is 0.262 e. The van der Waals surface area contributed by atoms with Gasteiger partial charge in [-0.1, -0.05) is 6.07 Å². The zero-order chi connectivity index (χ0) is 46.6. The highest BCUT2D eigenvalue weighted by molar-refractivity contribution is 6.23. The predicted octanol–water partition coefficient (Wildman–Crippen LogP) is 4.42. The van der Waals surface area contributed by atoms with Gasteiger partial charge in [-0.05, 0) is 104 Å². The van der Waals surface area contributed by atoms with E-state index in [0.29, 0.717) is 105 Å². The average molecular weight is 917 g/mol. The van der Waals surface area contributed by atoms with Gasteiger partial charge in [0.05, 0.1) is 28.8 Å². The number of piperidine rings is 1. The van der Waals surface area contributed by atoms with Crippen molar-refractivity contribution in [2.45, 2.75) is 50.6 Å². The average Bonchev–Trinajstić information content (AvgIpc) is 3.81. The van der Waals surface area contributed by atoms with Crippen molar-refractivity contribution in [1.82, 2.24) is 30.6 Å². The Balaban J connectivity index is 0.759. The molecule has 6 N–H and O–H groups in total. The van der Waals surface area contributed by atoms with Crippen LogP contribution in [0.4, 0.5) is 31.7 Å². The molecule has 19 heteroatoms. The van der Waals surface area contributed by atoms with Crippen LogP contribution in [0.15, 0.2) is 72.8 Å². The lowest BCUT2D eigenvalue weighted by Gasteiger charge is -2.36. The van der Waals surface area contributed by atoms with Crippen LogP contribution in [0.5, 0.6) is 0 Å². The molecule has 67 heavy (non-hydrogen) atoms. The third-order valence-corrected chi connectivity index (χ3v) is 12.6. The first-order valence-electron chi connectivity index (χ1n) is 22.5. The molecular formula is C48H50F2N10O7. The maximum Gasteiger partial charge on any atom is 0.262 e. The summed E-state index contributed by atoms with van der Waals surface area (Å²) >= 11 is 0. The first-order valence-corrected chi connectivity index (χ1v) is 22.5. The summed E-state index contributed by atoms with van der Waals surface area (Å²) in [4.78, 5) is 82.3. The Bertz CT molecular complexity index is 2730. The topological polar surface area (TPSA) is 210 Å². The van der Waals surface area contributed by atoms with E-state index in [2.05, 4.69) is 46.6 Å². The standard InChI is InChI=1S/C48H50F2N10O7/c49-30-21-29(22-31(50)24-30)20-28-2-7-39-38(23-28)44(57-56-39)55-45(63)36-6-4-34(26-40(36)53-32-10-18-67-19-11-32)59-16-14-58(15-17-59)27-43(62)52-13-1-12-51-33-3-5-35-37(25-33)48(66)60(47(35)65)41-8-9-42(61)54-46(41)64/h2-7,21-26,32,41,51,53H,1,8-20,27H2,(H,52,62)(H,54,61,64)(H2,55,56,57,63). The van der Waals surface area contributed by atoms with Gasteiger partial charge in [-0.2, -0.15) is 5.10 Å². The van der Waals surface area contributed by atoms with Crippen LogP contribution in [0.2, 0.25) is 0 Å². The number of hydrogen-bond acceptors (Lipinski definition) is 12. The Morgan fingerprint density at radius 1 is 0.806 bits per heavy atom. The minimum atomic E-state index is -1.03. The zero-order valence-corrected chi connectivity index (χ0v) is 36.6. The molecule has 1 unspecified atom stereocenters. The van der Waals surface area contributed by atoms with Gasteiger partial charge in [-0.15, -0.1) is 0 Å². The lowest BCUT2D eigenvalue weighted by molar-refractivity contribution is -0.136. The van der Waals surface area contributed by atoms with E-state index in [1.54, 1.807) is 18.2 Å². The number of rotatable bonds is 15. The summed E-state index contributed by atoms with van der Waals surface area (Å²) in [5.41, 5.74) is 5.07. The van der Waals surface area contributed by atoms with Crippen LogP contribution in [-0.4, -0.2) is 127 Å². The number of ether oxygens (including phenoxy) is 1. The van der Waals surface area contributed by atoms with Crippen molar-refractivity contribution in [3.8, 4) is 0 Å². The van der Waals surface area contributed by atoms with Gasteiger partial charge in [0.25, 0.3) is 17.7 Å². The monoisotopic (exact) mass is 916 g/mol. The second-order valence-corrected chi connectivity index (χ2v) is 17.2. The number of aromatic nitrogens is 2. The van der Waals surface area contributed by atoms with Crippen molar-refractivity contribution in [2.24, 2.45) is 0 Å². The highest BCUT2D eigenvalue weighted by Gasteiger charge is 2.44. The third kappa shape index (κ3) is 10.3. The molecule has 348 valence electrons.